The van der Waals surface area contributed by atoms with Crippen LogP contribution in [0.1, 0.15) is 17.0 Å². The molecule has 0 saturated carbocycles. The molecule has 0 saturated heterocycles. The molecule has 0 spiro atoms. The lowest BCUT2D eigenvalue weighted by Crippen LogP contribution is -2.28. The maximum absolute atomic E-state index is 13.0. The number of hydrogen-bond donors (Lipinski definition) is 1. The quantitative estimate of drug-likeness (QED) is 0.393. The van der Waals surface area contributed by atoms with Gasteiger partial charge in [0, 0.05) is 35.5 Å². The Kier molecular flexibility index (Phi) is 4.97. The van der Waals surface area contributed by atoms with Crippen LogP contribution in [0.2, 0.25) is 0 Å². The number of nitrogens with zero attached hydrogens (tertiary/aromatic N) is 1. The Labute approximate surface area is 169 Å². The number of halogens is 1. The Morgan fingerprint density at radius 2 is 2.00 bits per heavy atom. The van der Waals surface area contributed by atoms with Crippen molar-refractivity contribution in [2.24, 2.45) is 0 Å². The van der Waals surface area contributed by atoms with E-state index in [0.29, 0.717) is 18.1 Å². The lowest BCUT2D eigenvalue weighted by molar-refractivity contribution is -0.114. The Morgan fingerprint density at radius 1 is 1.21 bits per heavy atom. The average molecular weight is 393 g/mol. The fourth-order valence-electron chi connectivity index (χ4n) is 3.81. The summed E-state index contributed by atoms with van der Waals surface area (Å²) in [6.45, 7) is 0.549. The summed E-state index contributed by atoms with van der Waals surface area (Å²) >= 11 is 6.25. The third kappa shape index (κ3) is 3.20. The molecule has 0 aromatic heterocycles. The molecule has 0 fully saturated rings. The highest BCUT2D eigenvalue weighted by atomic mass is 35.5. The van der Waals surface area contributed by atoms with Crippen LogP contribution in [0.3, 0.4) is 0 Å². The molecular weight excluding hydrogens is 372 g/mol. The molecule has 142 valence electrons. The zero-order valence-corrected chi connectivity index (χ0v) is 16.3. The van der Waals surface area contributed by atoms with Crippen LogP contribution in [0.4, 0.5) is 11.4 Å². The summed E-state index contributed by atoms with van der Waals surface area (Å²) in [6.07, 6.45) is 3.38. The first-order valence-electron chi connectivity index (χ1n) is 9.13. The highest BCUT2D eigenvalue weighted by Crippen LogP contribution is 2.44. The molecule has 3 aromatic rings. The molecule has 28 heavy (non-hydrogen) atoms. The van der Waals surface area contributed by atoms with Gasteiger partial charge in [-0.2, -0.15) is 0 Å². The maximum atomic E-state index is 13.0. The smallest absolute Gasteiger partial charge is 0.251 e. The number of benzene rings is 3. The number of nitrogen functional groups attached to an aromatic ring is 1. The summed E-state index contributed by atoms with van der Waals surface area (Å²) in [6, 6.07) is 17.5. The van der Waals surface area contributed by atoms with E-state index in [-0.39, 0.29) is 11.8 Å². The fraction of sp³-hybridized carbons (Fsp3) is 0.174. The molecule has 4 rings (SSSR count). The molecule has 1 aliphatic rings. The Morgan fingerprint density at radius 3 is 2.75 bits per heavy atom. The van der Waals surface area contributed by atoms with E-state index in [9.17, 15) is 4.79 Å². The highest BCUT2D eigenvalue weighted by molar-refractivity contribution is 6.19. The van der Waals surface area contributed by atoms with Gasteiger partial charge in [0.15, 0.2) is 0 Å². The number of carbonyl (C=O) groups is 1. The molecule has 1 amide bonds. The van der Waals surface area contributed by atoms with Crippen LogP contribution < -0.4 is 15.4 Å². The first-order chi connectivity index (χ1) is 13.6. The van der Waals surface area contributed by atoms with Crippen LogP contribution in [0, 0.1) is 0 Å². The van der Waals surface area contributed by atoms with Crippen molar-refractivity contribution in [2.75, 3.05) is 30.2 Å². The fourth-order valence-corrected chi connectivity index (χ4v) is 4.06. The van der Waals surface area contributed by atoms with Gasteiger partial charge in [0.25, 0.3) is 5.91 Å². The third-order valence-electron chi connectivity index (χ3n) is 5.16. The zero-order valence-electron chi connectivity index (χ0n) is 15.6. The van der Waals surface area contributed by atoms with Crippen LogP contribution in [0.5, 0.6) is 5.75 Å². The molecule has 0 bridgehead atoms. The van der Waals surface area contributed by atoms with Crippen molar-refractivity contribution < 1.29 is 9.53 Å². The summed E-state index contributed by atoms with van der Waals surface area (Å²) in [4.78, 5) is 14.7. The molecule has 5 heteroatoms. The van der Waals surface area contributed by atoms with Crippen LogP contribution in [0.15, 0.2) is 60.7 Å². The number of nitrogens with two attached hydrogens (primary N) is 1. The summed E-state index contributed by atoms with van der Waals surface area (Å²) in [5.41, 5.74) is 9.79. The number of fused-ring (bicyclic) bond motifs is 3. The molecule has 2 N–H and O–H groups in total. The molecule has 1 unspecified atom stereocenters. The second-order valence-electron chi connectivity index (χ2n) is 6.85. The van der Waals surface area contributed by atoms with E-state index in [2.05, 4.69) is 0 Å². The van der Waals surface area contributed by atoms with Gasteiger partial charge in [0.1, 0.15) is 5.75 Å². The van der Waals surface area contributed by atoms with Crippen molar-refractivity contribution in [2.45, 2.75) is 5.92 Å². The lowest BCUT2D eigenvalue weighted by atomic mass is 9.95. The number of carbonyl (C=O) groups excluding carboxylic acids is 1. The highest BCUT2D eigenvalue weighted by Gasteiger charge is 2.33. The van der Waals surface area contributed by atoms with E-state index in [1.54, 1.807) is 24.2 Å². The van der Waals surface area contributed by atoms with Gasteiger partial charge in [-0.05, 0) is 40.8 Å². The van der Waals surface area contributed by atoms with Crippen LogP contribution in [-0.2, 0) is 4.79 Å². The minimum absolute atomic E-state index is 0.0799. The van der Waals surface area contributed by atoms with Gasteiger partial charge in [-0.1, -0.05) is 36.4 Å². The second kappa shape index (κ2) is 7.56. The van der Waals surface area contributed by atoms with E-state index in [0.717, 1.165) is 33.3 Å². The predicted molar refractivity (Wildman–Crippen MR) is 116 cm³/mol. The van der Waals surface area contributed by atoms with Crippen LogP contribution in [-0.4, -0.2) is 25.4 Å². The van der Waals surface area contributed by atoms with E-state index in [1.165, 1.54) is 0 Å². The minimum atomic E-state index is -0.0913. The van der Waals surface area contributed by atoms with Crippen molar-refractivity contribution in [1.82, 2.24) is 0 Å². The molecule has 3 aromatic carbocycles. The number of amides is 1. The van der Waals surface area contributed by atoms with Gasteiger partial charge in [-0.25, -0.2) is 0 Å². The monoisotopic (exact) mass is 392 g/mol. The van der Waals surface area contributed by atoms with Gasteiger partial charge in [0.05, 0.1) is 12.8 Å². The summed E-state index contributed by atoms with van der Waals surface area (Å²) in [5, 5.41) is 2.06. The van der Waals surface area contributed by atoms with Gasteiger partial charge in [-0.3, -0.25) is 4.79 Å². The number of alkyl halides is 1. The van der Waals surface area contributed by atoms with Crippen molar-refractivity contribution >= 4 is 45.7 Å². The molecule has 1 heterocycles. The van der Waals surface area contributed by atoms with Crippen LogP contribution >= 0.6 is 11.6 Å². The average Bonchev–Trinajstić information content (AvgIpc) is 3.11. The Hall–Kier alpha value is -2.98. The summed E-state index contributed by atoms with van der Waals surface area (Å²) in [7, 11) is 1.62. The van der Waals surface area contributed by atoms with Crippen molar-refractivity contribution in [3.05, 3.63) is 71.8 Å². The lowest BCUT2D eigenvalue weighted by Gasteiger charge is -2.17. The standard InChI is InChI=1S/C23H21ClN2O2/c1-28-17-6-4-5-15(11-17)9-10-22(27)26-14-16(13-24)23-19-8-3-2-7-18(19)20(25)12-21(23)26/h2-12,16H,13-14,25H2,1H3/b10-9+. The number of hydrogen-bond acceptors (Lipinski definition) is 3. The van der Waals surface area contributed by atoms with Crippen LogP contribution in [0.25, 0.3) is 16.8 Å². The second-order valence-corrected chi connectivity index (χ2v) is 7.16. The summed E-state index contributed by atoms with van der Waals surface area (Å²) in [5.74, 6) is 1.19. The predicted octanol–water partition coefficient (Wildman–Crippen LogP) is 4.81. The largest absolute Gasteiger partial charge is 0.497 e. The van der Waals surface area contributed by atoms with Crippen molar-refractivity contribution in [1.29, 1.82) is 0 Å². The Bertz CT molecular complexity index is 1080. The summed E-state index contributed by atoms with van der Waals surface area (Å²) < 4.78 is 5.23. The molecule has 1 aliphatic heterocycles. The van der Waals surface area contributed by atoms with Gasteiger partial charge >= 0.3 is 0 Å². The number of methoxy groups -OCH3 is 1. The number of anilines is 2. The first-order valence-corrected chi connectivity index (χ1v) is 9.66. The molecule has 0 radical (unpaired) electrons. The maximum Gasteiger partial charge on any atom is 0.251 e. The van der Waals surface area contributed by atoms with E-state index in [4.69, 9.17) is 22.1 Å². The van der Waals surface area contributed by atoms with E-state index < -0.39 is 0 Å². The minimum Gasteiger partial charge on any atom is -0.497 e. The van der Waals surface area contributed by atoms with E-state index in [1.807, 2.05) is 54.6 Å². The molecule has 4 nitrogen and oxygen atoms in total. The van der Waals surface area contributed by atoms with Crippen molar-refractivity contribution in [3.8, 4) is 5.75 Å². The molecule has 1 atom stereocenters. The van der Waals surface area contributed by atoms with Gasteiger partial charge in [0.2, 0.25) is 0 Å². The van der Waals surface area contributed by atoms with Crippen molar-refractivity contribution in [3.63, 3.8) is 0 Å². The molecule has 0 aliphatic carbocycles. The topological polar surface area (TPSA) is 55.6 Å². The molecular formula is C23H21ClN2O2. The normalized spacial score (nSPS) is 15.9. The van der Waals surface area contributed by atoms with Gasteiger partial charge < -0.3 is 15.4 Å². The first kappa shape index (κ1) is 18.4. The zero-order chi connectivity index (χ0) is 19.7. The number of rotatable bonds is 4. The number of ether oxygens (including phenoxy) is 1. The van der Waals surface area contributed by atoms with Gasteiger partial charge in [-0.15, -0.1) is 11.6 Å². The van der Waals surface area contributed by atoms with E-state index >= 15 is 0 Å². The third-order valence-corrected chi connectivity index (χ3v) is 5.54. The Balaban J connectivity index is 1.70. The SMILES string of the molecule is COc1cccc(/C=C/C(=O)N2CC(CCl)c3c2cc(N)c2ccccc32)c1.